The summed E-state index contributed by atoms with van der Waals surface area (Å²) in [6.45, 7) is 12.3. The van der Waals surface area contributed by atoms with Gasteiger partial charge in [-0.3, -0.25) is 0 Å². The standard InChI is InChI=1S/C12H18.C2H6.CH4/c1-10(2)8-9-12-7-5-4-6-11(12)3;1-2;/h8-9H,3-7H2,1-2H3;1-2H3;1H4/b12-9-;;. The summed E-state index contributed by atoms with van der Waals surface area (Å²) in [6, 6.07) is 0. The maximum absolute atomic E-state index is 4.08. The monoisotopic (exact) mass is 208 g/mol. The SMILES string of the molecule is C.C=C1CCCC/C1=C/C=C(C)C.CC. The van der Waals surface area contributed by atoms with Gasteiger partial charge in [0.1, 0.15) is 0 Å². The second-order valence-corrected chi connectivity index (χ2v) is 3.75. The van der Waals surface area contributed by atoms with Gasteiger partial charge < -0.3 is 0 Å². The normalized spacial score (nSPS) is 17.3. The van der Waals surface area contributed by atoms with Crippen molar-refractivity contribution in [3.8, 4) is 0 Å². The van der Waals surface area contributed by atoms with Crippen molar-refractivity contribution in [2.75, 3.05) is 0 Å². The van der Waals surface area contributed by atoms with Crippen LogP contribution in [0.2, 0.25) is 0 Å². The molecule has 1 aliphatic rings. The van der Waals surface area contributed by atoms with Crippen LogP contribution in [0.1, 0.15) is 60.8 Å². The molecule has 1 fully saturated rings. The fraction of sp³-hybridized carbons (Fsp3) is 0.600. The highest BCUT2D eigenvalue weighted by Crippen LogP contribution is 2.27. The molecule has 1 rings (SSSR count). The van der Waals surface area contributed by atoms with Crippen molar-refractivity contribution in [3.63, 3.8) is 0 Å². The first-order chi connectivity index (χ1) is 6.70. The van der Waals surface area contributed by atoms with Crippen molar-refractivity contribution in [3.05, 3.63) is 35.5 Å². The number of allylic oxidation sites excluding steroid dienone is 5. The predicted molar refractivity (Wildman–Crippen MR) is 73.2 cm³/mol. The molecule has 0 aromatic heterocycles. The third kappa shape index (κ3) is 7.18. The topological polar surface area (TPSA) is 0 Å². The molecular formula is C15H28. The Hall–Kier alpha value is -0.780. The van der Waals surface area contributed by atoms with E-state index in [9.17, 15) is 0 Å². The molecule has 0 unspecified atom stereocenters. The van der Waals surface area contributed by atoms with Gasteiger partial charge in [-0.2, -0.15) is 0 Å². The predicted octanol–water partition coefficient (Wildman–Crippen LogP) is 5.67. The molecule has 88 valence electrons. The molecule has 1 saturated carbocycles. The van der Waals surface area contributed by atoms with Crippen LogP contribution in [0.4, 0.5) is 0 Å². The Morgan fingerprint density at radius 1 is 1.13 bits per heavy atom. The van der Waals surface area contributed by atoms with E-state index in [4.69, 9.17) is 0 Å². The van der Waals surface area contributed by atoms with Crippen LogP contribution < -0.4 is 0 Å². The first-order valence-corrected chi connectivity index (χ1v) is 5.72. The van der Waals surface area contributed by atoms with E-state index in [1.165, 1.54) is 42.4 Å². The Morgan fingerprint density at radius 3 is 2.13 bits per heavy atom. The Balaban J connectivity index is 0. The average Bonchev–Trinajstić information content (AvgIpc) is 2.19. The van der Waals surface area contributed by atoms with Gasteiger partial charge in [-0.1, -0.05) is 51.2 Å². The molecule has 15 heavy (non-hydrogen) atoms. The van der Waals surface area contributed by atoms with Crippen LogP contribution in [-0.2, 0) is 0 Å². The number of hydrogen-bond donors (Lipinski definition) is 0. The van der Waals surface area contributed by atoms with E-state index in [1.807, 2.05) is 13.8 Å². The van der Waals surface area contributed by atoms with Crippen LogP contribution in [0.15, 0.2) is 35.5 Å². The maximum Gasteiger partial charge on any atom is -0.0276 e. The summed E-state index contributed by atoms with van der Waals surface area (Å²) in [6.07, 6.45) is 9.50. The number of hydrogen-bond acceptors (Lipinski definition) is 0. The molecule has 0 heterocycles. The largest absolute Gasteiger partial charge is 0.0956 e. The lowest BCUT2D eigenvalue weighted by molar-refractivity contribution is 0.681. The van der Waals surface area contributed by atoms with E-state index >= 15 is 0 Å². The minimum atomic E-state index is 0. The van der Waals surface area contributed by atoms with Crippen LogP contribution in [0, 0.1) is 0 Å². The van der Waals surface area contributed by atoms with Crippen molar-refractivity contribution in [1.29, 1.82) is 0 Å². The van der Waals surface area contributed by atoms with Gasteiger partial charge in [0.2, 0.25) is 0 Å². The lowest BCUT2D eigenvalue weighted by atomic mass is 9.90. The van der Waals surface area contributed by atoms with E-state index in [-0.39, 0.29) is 7.43 Å². The molecule has 0 spiro atoms. The quantitative estimate of drug-likeness (QED) is 0.520. The molecule has 0 aliphatic heterocycles. The smallest absolute Gasteiger partial charge is 0.0276 e. The zero-order valence-corrected chi connectivity index (χ0v) is 10.2. The summed E-state index contributed by atoms with van der Waals surface area (Å²) in [5.74, 6) is 0. The molecule has 0 radical (unpaired) electrons. The fourth-order valence-electron chi connectivity index (χ4n) is 1.46. The minimum absolute atomic E-state index is 0. The Kier molecular flexibility index (Phi) is 10.8. The molecule has 0 aromatic rings. The summed E-state index contributed by atoms with van der Waals surface area (Å²) in [5, 5.41) is 0. The highest BCUT2D eigenvalue weighted by Gasteiger charge is 2.07. The Bertz CT molecular complexity index is 224. The highest BCUT2D eigenvalue weighted by atomic mass is 14.1. The van der Waals surface area contributed by atoms with Crippen LogP contribution in [-0.4, -0.2) is 0 Å². The van der Waals surface area contributed by atoms with Crippen LogP contribution in [0.3, 0.4) is 0 Å². The van der Waals surface area contributed by atoms with Gasteiger partial charge in [-0.25, -0.2) is 0 Å². The van der Waals surface area contributed by atoms with Crippen molar-refractivity contribution < 1.29 is 0 Å². The van der Waals surface area contributed by atoms with Crippen molar-refractivity contribution >= 4 is 0 Å². The summed E-state index contributed by atoms with van der Waals surface area (Å²) >= 11 is 0. The molecule has 0 N–H and O–H groups in total. The third-order valence-corrected chi connectivity index (χ3v) is 2.25. The molecule has 0 heteroatoms. The van der Waals surface area contributed by atoms with E-state index in [2.05, 4.69) is 32.6 Å². The minimum Gasteiger partial charge on any atom is -0.0956 e. The van der Waals surface area contributed by atoms with Crippen molar-refractivity contribution in [1.82, 2.24) is 0 Å². The Labute approximate surface area is 96.8 Å². The van der Waals surface area contributed by atoms with E-state index in [1.54, 1.807) is 0 Å². The molecule has 0 bridgehead atoms. The zero-order valence-electron chi connectivity index (χ0n) is 10.2. The van der Waals surface area contributed by atoms with E-state index in [0.717, 1.165) is 0 Å². The molecule has 0 aromatic carbocycles. The first kappa shape index (κ1) is 16.6. The molecule has 0 saturated heterocycles. The third-order valence-electron chi connectivity index (χ3n) is 2.25. The summed E-state index contributed by atoms with van der Waals surface area (Å²) in [7, 11) is 0. The summed E-state index contributed by atoms with van der Waals surface area (Å²) in [5.41, 5.74) is 4.17. The summed E-state index contributed by atoms with van der Waals surface area (Å²) < 4.78 is 0. The molecule has 0 amide bonds. The van der Waals surface area contributed by atoms with E-state index in [0.29, 0.717) is 0 Å². The van der Waals surface area contributed by atoms with Crippen LogP contribution in [0.5, 0.6) is 0 Å². The molecule has 0 nitrogen and oxygen atoms in total. The van der Waals surface area contributed by atoms with Gasteiger partial charge in [-0.05, 0) is 45.1 Å². The lowest BCUT2D eigenvalue weighted by Gasteiger charge is -2.15. The molecule has 1 aliphatic carbocycles. The van der Waals surface area contributed by atoms with Crippen molar-refractivity contribution in [2.24, 2.45) is 0 Å². The molecular weight excluding hydrogens is 180 g/mol. The van der Waals surface area contributed by atoms with E-state index < -0.39 is 0 Å². The summed E-state index contributed by atoms with van der Waals surface area (Å²) in [4.78, 5) is 0. The second kappa shape index (κ2) is 9.76. The average molecular weight is 208 g/mol. The lowest BCUT2D eigenvalue weighted by Crippen LogP contribution is -1.96. The van der Waals surface area contributed by atoms with Gasteiger partial charge in [0.25, 0.3) is 0 Å². The fourth-order valence-corrected chi connectivity index (χ4v) is 1.46. The zero-order chi connectivity index (χ0) is 11.0. The van der Waals surface area contributed by atoms with Crippen LogP contribution >= 0.6 is 0 Å². The van der Waals surface area contributed by atoms with Gasteiger partial charge in [-0.15, -0.1) is 0 Å². The first-order valence-electron chi connectivity index (χ1n) is 5.72. The van der Waals surface area contributed by atoms with Crippen LogP contribution in [0.25, 0.3) is 0 Å². The van der Waals surface area contributed by atoms with Crippen molar-refractivity contribution in [2.45, 2.75) is 60.8 Å². The van der Waals surface area contributed by atoms with Gasteiger partial charge in [0.15, 0.2) is 0 Å². The Morgan fingerprint density at radius 2 is 1.67 bits per heavy atom. The highest BCUT2D eigenvalue weighted by molar-refractivity contribution is 5.33. The van der Waals surface area contributed by atoms with Gasteiger partial charge in [0, 0.05) is 0 Å². The van der Waals surface area contributed by atoms with Gasteiger partial charge in [0.05, 0.1) is 0 Å². The van der Waals surface area contributed by atoms with Gasteiger partial charge >= 0.3 is 0 Å². The number of rotatable bonds is 1. The molecule has 0 atom stereocenters. The second-order valence-electron chi connectivity index (χ2n) is 3.75. The maximum atomic E-state index is 4.08.